The average molecular weight is 809 g/mol. The molecule has 9 nitrogen and oxygen atoms in total. The van der Waals surface area contributed by atoms with Gasteiger partial charge in [-0.15, -0.1) is 0 Å². The predicted molar refractivity (Wildman–Crippen MR) is 234 cm³/mol. The third-order valence-corrected chi connectivity index (χ3v) is 9.81. The minimum absolute atomic E-state index is 0.0112. The van der Waals surface area contributed by atoms with Crippen molar-refractivity contribution in [1.82, 2.24) is 0 Å². The smallest absolute Gasteiger partial charge is 0.472 e. The van der Waals surface area contributed by atoms with E-state index >= 15 is 0 Å². The number of carbonyl (C=O) groups excluding carboxylic acids is 1. The molecule has 0 rings (SSSR count). The van der Waals surface area contributed by atoms with Crippen LogP contribution in [0.25, 0.3) is 0 Å². The van der Waals surface area contributed by atoms with E-state index in [0.29, 0.717) is 17.4 Å². The number of aliphatic hydroxyl groups is 1. The number of phosphoric acid groups is 1. The molecule has 56 heavy (non-hydrogen) atoms. The van der Waals surface area contributed by atoms with Crippen molar-refractivity contribution in [3.05, 3.63) is 73.1 Å². The van der Waals surface area contributed by atoms with Gasteiger partial charge in [0.25, 0.3) is 0 Å². The molecular formula is C46H83NO8P+. The number of hydrogen-bond donors (Lipinski definition) is 2. The summed E-state index contributed by atoms with van der Waals surface area (Å²) in [6, 6.07) is 0. The SMILES string of the molecule is CCCCCC/C=C\CCCCCCCC/C=C/OC[C@H](COP(=O)(O)OCC[N+](C)(C)C)OC(=O)CCC/C=C\C/C=C\C/C=C\C/C=C\CCC[C@H](C)O. The van der Waals surface area contributed by atoms with Crippen LogP contribution in [0.5, 0.6) is 0 Å². The highest BCUT2D eigenvalue weighted by molar-refractivity contribution is 7.47. The number of quaternary nitrogens is 1. The molecule has 0 aliphatic rings. The topological polar surface area (TPSA) is 112 Å². The molecule has 0 aromatic rings. The fourth-order valence-electron chi connectivity index (χ4n) is 5.40. The number of nitrogens with zero attached hydrogens (tertiary/aromatic N) is 1. The molecule has 0 aliphatic heterocycles. The monoisotopic (exact) mass is 809 g/mol. The fourth-order valence-corrected chi connectivity index (χ4v) is 6.15. The second-order valence-electron chi connectivity index (χ2n) is 15.7. The van der Waals surface area contributed by atoms with Crippen LogP contribution in [0.2, 0.25) is 0 Å². The van der Waals surface area contributed by atoms with Crippen molar-refractivity contribution >= 4 is 13.8 Å². The summed E-state index contributed by atoms with van der Waals surface area (Å²) in [5.74, 6) is -0.405. The van der Waals surface area contributed by atoms with Gasteiger partial charge in [0, 0.05) is 6.42 Å². The molecule has 0 saturated heterocycles. The first kappa shape index (κ1) is 53.7. The molecule has 0 fully saturated rings. The van der Waals surface area contributed by atoms with Crippen molar-refractivity contribution < 1.29 is 42.4 Å². The van der Waals surface area contributed by atoms with Gasteiger partial charge in [0.15, 0.2) is 6.10 Å². The third-order valence-electron chi connectivity index (χ3n) is 8.82. The third kappa shape index (κ3) is 42.9. The largest absolute Gasteiger partial charge is 0.498 e. The maximum Gasteiger partial charge on any atom is 0.472 e. The molecule has 0 saturated carbocycles. The molecule has 0 spiro atoms. The van der Waals surface area contributed by atoms with Gasteiger partial charge in [-0.05, 0) is 103 Å². The number of esters is 1. The molecule has 0 amide bonds. The van der Waals surface area contributed by atoms with Gasteiger partial charge in [-0.2, -0.15) is 0 Å². The lowest BCUT2D eigenvalue weighted by Gasteiger charge is -2.24. The summed E-state index contributed by atoms with van der Waals surface area (Å²) in [5, 5.41) is 9.28. The van der Waals surface area contributed by atoms with Gasteiger partial charge in [0.1, 0.15) is 19.8 Å². The van der Waals surface area contributed by atoms with Gasteiger partial charge in [0.05, 0.1) is 40.1 Å². The van der Waals surface area contributed by atoms with Gasteiger partial charge in [-0.25, -0.2) is 4.57 Å². The predicted octanol–water partition coefficient (Wildman–Crippen LogP) is 12.0. The Morgan fingerprint density at radius 3 is 1.68 bits per heavy atom. The number of hydrogen-bond acceptors (Lipinski definition) is 7. The van der Waals surface area contributed by atoms with Crippen LogP contribution in [0.4, 0.5) is 0 Å². The van der Waals surface area contributed by atoms with Crippen molar-refractivity contribution in [2.45, 2.75) is 167 Å². The van der Waals surface area contributed by atoms with Gasteiger partial charge in [0.2, 0.25) is 0 Å². The number of phosphoric ester groups is 1. The zero-order valence-electron chi connectivity index (χ0n) is 36.2. The quantitative estimate of drug-likeness (QED) is 0.0158. The Hall–Kier alpha value is -2.26. The number of aliphatic hydroxyl groups excluding tert-OH is 1. The maximum absolute atomic E-state index is 12.7. The Morgan fingerprint density at radius 1 is 0.643 bits per heavy atom. The Kier molecular flexibility index (Phi) is 36.7. The Balaban J connectivity index is 4.42. The van der Waals surface area contributed by atoms with E-state index in [1.54, 1.807) is 6.26 Å². The molecule has 324 valence electrons. The normalized spacial score (nSPS) is 15.0. The van der Waals surface area contributed by atoms with E-state index in [-0.39, 0.29) is 32.3 Å². The van der Waals surface area contributed by atoms with E-state index in [9.17, 15) is 19.4 Å². The van der Waals surface area contributed by atoms with E-state index in [4.69, 9.17) is 18.5 Å². The average Bonchev–Trinajstić information content (AvgIpc) is 3.13. The van der Waals surface area contributed by atoms with Gasteiger partial charge < -0.3 is 24.0 Å². The second-order valence-corrected chi connectivity index (χ2v) is 17.2. The summed E-state index contributed by atoms with van der Waals surface area (Å²) in [7, 11) is 1.57. The maximum atomic E-state index is 12.7. The van der Waals surface area contributed by atoms with Crippen LogP contribution in [0.3, 0.4) is 0 Å². The summed E-state index contributed by atoms with van der Waals surface area (Å²) in [6.45, 7) is 4.37. The van der Waals surface area contributed by atoms with Crippen molar-refractivity contribution in [2.75, 3.05) is 47.5 Å². The first-order valence-electron chi connectivity index (χ1n) is 21.8. The van der Waals surface area contributed by atoms with Gasteiger partial charge in [-0.1, -0.05) is 113 Å². The highest BCUT2D eigenvalue weighted by Crippen LogP contribution is 2.43. The van der Waals surface area contributed by atoms with Gasteiger partial charge in [-0.3, -0.25) is 13.8 Å². The van der Waals surface area contributed by atoms with E-state index in [2.05, 4.69) is 67.7 Å². The fraction of sp³-hybridized carbons (Fsp3) is 0.717. The van der Waals surface area contributed by atoms with E-state index in [1.165, 1.54) is 70.6 Å². The molecule has 10 heteroatoms. The first-order valence-corrected chi connectivity index (χ1v) is 23.3. The lowest BCUT2D eigenvalue weighted by molar-refractivity contribution is -0.870. The molecule has 0 heterocycles. The standard InChI is InChI=1S/C46H82NO8P/c1-6-7-8-9-10-11-12-13-14-18-21-24-27-30-33-36-40-52-42-45(43-54-56(50,51)53-41-39-47(3,4)5)55-46(49)38-35-32-29-26-23-20-17-15-16-19-22-25-28-31-34-37-44(2)48/h11-12,16-17,19-20,25-26,28-29,36,40,44-45,48H,6-10,13-15,18,21-24,27,30-35,37-39,41-43H2,1-5H3/p+1/b12-11-,19-16-,20-17-,28-25-,29-26-,40-36+/t44-,45+/m0/s1. The van der Waals surface area contributed by atoms with Crippen LogP contribution in [0.1, 0.15) is 155 Å². The number of rotatable bonds is 39. The van der Waals surface area contributed by atoms with E-state index in [1.807, 2.05) is 34.1 Å². The first-order chi connectivity index (χ1) is 26.9. The molecule has 0 aliphatic carbocycles. The van der Waals surface area contributed by atoms with Crippen LogP contribution < -0.4 is 0 Å². The number of unbranched alkanes of at least 4 members (excludes halogenated alkanes) is 13. The number of likely N-dealkylation sites (N-methyl/N-ethyl adjacent to an activating group) is 1. The van der Waals surface area contributed by atoms with Crippen LogP contribution in [-0.2, 0) is 27.9 Å². The van der Waals surface area contributed by atoms with Crippen LogP contribution in [0, 0.1) is 0 Å². The molecule has 2 N–H and O–H groups in total. The molecule has 1 unspecified atom stereocenters. The van der Waals surface area contributed by atoms with Gasteiger partial charge >= 0.3 is 13.8 Å². The lowest BCUT2D eigenvalue weighted by atomic mass is 10.1. The summed E-state index contributed by atoms with van der Waals surface area (Å²) < 4.78 is 34.6. The number of ether oxygens (including phenoxy) is 2. The van der Waals surface area contributed by atoms with Crippen LogP contribution >= 0.6 is 7.82 Å². The zero-order valence-corrected chi connectivity index (χ0v) is 37.1. The number of carbonyl (C=O) groups is 1. The Bertz CT molecular complexity index is 1140. The van der Waals surface area contributed by atoms with E-state index < -0.39 is 19.9 Å². The summed E-state index contributed by atoms with van der Waals surface area (Å²) in [5.41, 5.74) is 0. The zero-order chi connectivity index (χ0) is 41.4. The van der Waals surface area contributed by atoms with E-state index in [0.717, 1.165) is 57.8 Å². The van der Waals surface area contributed by atoms with Crippen LogP contribution in [0.15, 0.2) is 73.1 Å². The molecule has 3 atom stereocenters. The Labute approximate surface area is 343 Å². The summed E-state index contributed by atoms with van der Waals surface area (Å²) >= 11 is 0. The molecular weight excluding hydrogens is 725 g/mol. The summed E-state index contributed by atoms with van der Waals surface area (Å²) in [6.07, 6.45) is 47.4. The molecule has 0 aromatic heterocycles. The molecule has 0 aromatic carbocycles. The van der Waals surface area contributed by atoms with Crippen molar-refractivity contribution in [2.24, 2.45) is 0 Å². The highest BCUT2D eigenvalue weighted by atomic mass is 31.2. The van der Waals surface area contributed by atoms with Crippen molar-refractivity contribution in [3.63, 3.8) is 0 Å². The van der Waals surface area contributed by atoms with Crippen molar-refractivity contribution in [3.8, 4) is 0 Å². The lowest BCUT2D eigenvalue weighted by Crippen LogP contribution is -2.37. The minimum atomic E-state index is -4.32. The molecule has 0 radical (unpaired) electrons. The van der Waals surface area contributed by atoms with Crippen molar-refractivity contribution in [1.29, 1.82) is 0 Å². The Morgan fingerprint density at radius 2 is 1.12 bits per heavy atom. The number of allylic oxidation sites excluding steroid dienone is 11. The second kappa shape index (κ2) is 38.3. The minimum Gasteiger partial charge on any atom is -0.498 e. The molecule has 0 bridgehead atoms. The summed E-state index contributed by atoms with van der Waals surface area (Å²) in [4.78, 5) is 22.8. The van der Waals surface area contributed by atoms with Crippen LogP contribution in [-0.4, -0.2) is 80.2 Å². The highest BCUT2D eigenvalue weighted by Gasteiger charge is 2.26.